The molecule has 0 saturated carbocycles. The topological polar surface area (TPSA) is 90.0 Å². The lowest BCUT2D eigenvalue weighted by atomic mass is 9.92. The van der Waals surface area contributed by atoms with E-state index in [0.717, 1.165) is 12.8 Å². The molecule has 0 bridgehead atoms. The summed E-state index contributed by atoms with van der Waals surface area (Å²) in [6, 6.07) is -1.12. The zero-order chi connectivity index (χ0) is 14.3. The van der Waals surface area contributed by atoms with Crippen LogP contribution in [0, 0.1) is 5.92 Å². The summed E-state index contributed by atoms with van der Waals surface area (Å²) in [4.78, 5) is 38.6. The highest BCUT2D eigenvalue weighted by atomic mass is 32.2. The molecule has 3 atom stereocenters. The van der Waals surface area contributed by atoms with Crippen LogP contribution >= 0.6 is 11.8 Å². The second-order valence-electron chi connectivity index (χ2n) is 5.36. The van der Waals surface area contributed by atoms with Gasteiger partial charge in [-0.2, -0.15) is 0 Å². The molecule has 3 amide bonds. The van der Waals surface area contributed by atoms with Crippen LogP contribution in [0.2, 0.25) is 0 Å². The smallest absolute Gasteiger partial charge is 0.327 e. The molecule has 2 N–H and O–H groups in total. The maximum atomic E-state index is 12.6. The number of urea groups is 1. The van der Waals surface area contributed by atoms with Gasteiger partial charge in [0.1, 0.15) is 6.04 Å². The van der Waals surface area contributed by atoms with Crippen molar-refractivity contribution >= 4 is 29.7 Å². The molecule has 3 aliphatic rings. The van der Waals surface area contributed by atoms with Crippen molar-refractivity contribution in [1.29, 1.82) is 0 Å². The van der Waals surface area contributed by atoms with E-state index in [1.54, 1.807) is 4.90 Å². The summed E-state index contributed by atoms with van der Waals surface area (Å²) in [5.41, 5.74) is 0. The number of hydrogen-bond donors (Lipinski definition) is 2. The molecule has 2 unspecified atom stereocenters. The first kappa shape index (κ1) is 13.5. The van der Waals surface area contributed by atoms with Gasteiger partial charge in [0.25, 0.3) is 0 Å². The van der Waals surface area contributed by atoms with Gasteiger partial charge in [-0.15, -0.1) is 11.8 Å². The Morgan fingerprint density at radius 3 is 2.90 bits per heavy atom. The number of nitrogens with one attached hydrogen (secondary N) is 1. The summed E-state index contributed by atoms with van der Waals surface area (Å²) in [7, 11) is 0. The number of likely N-dealkylation sites (tertiary alicyclic amines) is 1. The first-order valence-electron chi connectivity index (χ1n) is 6.75. The van der Waals surface area contributed by atoms with Crippen molar-refractivity contribution in [1.82, 2.24) is 15.1 Å². The average Bonchev–Trinajstić information content (AvgIpc) is 3.05. The van der Waals surface area contributed by atoms with Crippen molar-refractivity contribution in [2.24, 2.45) is 5.92 Å². The van der Waals surface area contributed by atoms with E-state index in [4.69, 9.17) is 5.11 Å². The molecule has 3 fully saturated rings. The standard InChI is InChI=1S/C12H17N3O4S/c16-10-7-2-1-3-14(8(7)4-13-10)12(19)15-6-20-5-9(15)11(17)18/h7-9H,1-6H2,(H,13,16)(H,17,18)/t7?,8?,9-/m0/s1. The first-order chi connectivity index (χ1) is 9.59. The minimum atomic E-state index is -0.961. The van der Waals surface area contributed by atoms with Gasteiger partial charge in [-0.3, -0.25) is 4.79 Å². The Bertz CT molecular complexity index is 458. The minimum absolute atomic E-state index is 0.0121. The van der Waals surface area contributed by atoms with E-state index in [2.05, 4.69) is 5.32 Å². The zero-order valence-electron chi connectivity index (χ0n) is 10.9. The van der Waals surface area contributed by atoms with Crippen LogP contribution in [0.4, 0.5) is 4.79 Å². The molecule has 0 spiro atoms. The van der Waals surface area contributed by atoms with E-state index in [-0.39, 0.29) is 23.9 Å². The largest absolute Gasteiger partial charge is 0.480 e. The van der Waals surface area contributed by atoms with Crippen LogP contribution in [0.15, 0.2) is 0 Å². The number of thioether (sulfide) groups is 1. The monoisotopic (exact) mass is 299 g/mol. The molecule has 0 radical (unpaired) electrons. The number of carboxylic acid groups (broad SMARTS) is 1. The predicted octanol–water partition coefficient (Wildman–Crippen LogP) is -0.224. The second kappa shape index (κ2) is 5.16. The highest BCUT2D eigenvalue weighted by Crippen LogP contribution is 2.30. The van der Waals surface area contributed by atoms with Crippen molar-refractivity contribution in [3.8, 4) is 0 Å². The van der Waals surface area contributed by atoms with Crippen LogP contribution in [0.3, 0.4) is 0 Å². The molecule has 3 aliphatic heterocycles. The van der Waals surface area contributed by atoms with Crippen LogP contribution < -0.4 is 5.32 Å². The summed E-state index contributed by atoms with van der Waals surface area (Å²) in [5, 5.41) is 12.0. The van der Waals surface area contributed by atoms with Crippen molar-refractivity contribution in [3.05, 3.63) is 0 Å². The van der Waals surface area contributed by atoms with Crippen LogP contribution in [0.5, 0.6) is 0 Å². The Morgan fingerprint density at radius 2 is 2.15 bits per heavy atom. The Kier molecular flexibility index (Phi) is 3.49. The van der Waals surface area contributed by atoms with Crippen molar-refractivity contribution < 1.29 is 19.5 Å². The number of piperidine rings is 1. The Morgan fingerprint density at radius 1 is 1.35 bits per heavy atom. The van der Waals surface area contributed by atoms with Gasteiger partial charge in [-0.05, 0) is 12.8 Å². The number of carbonyl (C=O) groups excluding carboxylic acids is 2. The highest BCUT2D eigenvalue weighted by Gasteiger charge is 2.46. The van der Waals surface area contributed by atoms with Crippen LogP contribution in [0.1, 0.15) is 12.8 Å². The molecule has 8 heteroatoms. The molecule has 3 heterocycles. The van der Waals surface area contributed by atoms with Gasteiger partial charge in [0.2, 0.25) is 5.91 Å². The van der Waals surface area contributed by atoms with Crippen molar-refractivity contribution in [2.45, 2.75) is 24.9 Å². The molecule has 0 aromatic heterocycles. The summed E-state index contributed by atoms with van der Waals surface area (Å²) in [5.74, 6) is -0.243. The third-order valence-corrected chi connectivity index (χ3v) is 5.27. The summed E-state index contributed by atoms with van der Waals surface area (Å²) < 4.78 is 0. The molecular formula is C12H17N3O4S. The van der Waals surface area contributed by atoms with E-state index in [9.17, 15) is 14.4 Å². The third kappa shape index (κ3) is 2.11. The van der Waals surface area contributed by atoms with Gasteiger partial charge >= 0.3 is 12.0 Å². The van der Waals surface area contributed by atoms with E-state index >= 15 is 0 Å². The predicted molar refractivity (Wildman–Crippen MR) is 72.2 cm³/mol. The normalized spacial score (nSPS) is 33.0. The lowest BCUT2D eigenvalue weighted by Gasteiger charge is -2.38. The first-order valence-corrected chi connectivity index (χ1v) is 7.90. The highest BCUT2D eigenvalue weighted by molar-refractivity contribution is 7.99. The maximum absolute atomic E-state index is 12.6. The number of rotatable bonds is 1. The van der Waals surface area contributed by atoms with Gasteiger partial charge in [0.15, 0.2) is 0 Å². The fourth-order valence-corrected chi connectivity index (χ4v) is 4.33. The van der Waals surface area contributed by atoms with Crippen molar-refractivity contribution in [2.75, 3.05) is 24.7 Å². The second-order valence-corrected chi connectivity index (χ2v) is 6.36. The summed E-state index contributed by atoms with van der Waals surface area (Å²) in [6.45, 7) is 1.08. The number of fused-ring (bicyclic) bond motifs is 1. The average molecular weight is 299 g/mol. The van der Waals surface area contributed by atoms with Crippen LogP contribution in [-0.4, -0.2) is 69.6 Å². The summed E-state index contributed by atoms with van der Waals surface area (Å²) in [6.07, 6.45) is 1.59. The Hall–Kier alpha value is -1.44. The van der Waals surface area contributed by atoms with E-state index in [1.165, 1.54) is 16.7 Å². The summed E-state index contributed by atoms with van der Waals surface area (Å²) >= 11 is 1.45. The Labute approximate surface area is 120 Å². The SMILES string of the molecule is O=C1NCC2C1CCCN2C(=O)N1CSC[C@H]1C(=O)O. The molecule has 3 saturated heterocycles. The van der Waals surface area contributed by atoms with E-state index in [0.29, 0.717) is 24.7 Å². The maximum Gasteiger partial charge on any atom is 0.327 e. The molecular weight excluding hydrogens is 282 g/mol. The van der Waals surface area contributed by atoms with Gasteiger partial charge in [-0.25, -0.2) is 9.59 Å². The molecule has 7 nitrogen and oxygen atoms in total. The van der Waals surface area contributed by atoms with E-state index in [1.807, 2.05) is 0 Å². The molecule has 20 heavy (non-hydrogen) atoms. The van der Waals surface area contributed by atoms with E-state index < -0.39 is 12.0 Å². The minimum Gasteiger partial charge on any atom is -0.480 e. The number of aliphatic carboxylic acids is 1. The number of amides is 3. The fraction of sp³-hybridized carbons (Fsp3) is 0.750. The van der Waals surface area contributed by atoms with Crippen molar-refractivity contribution in [3.63, 3.8) is 0 Å². The number of carbonyl (C=O) groups is 3. The molecule has 3 rings (SSSR count). The van der Waals surface area contributed by atoms with Gasteiger partial charge in [0, 0.05) is 18.8 Å². The zero-order valence-corrected chi connectivity index (χ0v) is 11.8. The lowest BCUT2D eigenvalue weighted by Crippen LogP contribution is -2.55. The molecule has 110 valence electrons. The molecule has 0 aromatic carbocycles. The van der Waals surface area contributed by atoms with Gasteiger partial charge < -0.3 is 20.2 Å². The fourth-order valence-electron chi connectivity index (χ4n) is 3.19. The molecule has 0 aromatic rings. The Balaban J connectivity index is 1.76. The number of carboxylic acids is 1. The van der Waals surface area contributed by atoms with Gasteiger partial charge in [-0.1, -0.05) is 0 Å². The van der Waals surface area contributed by atoms with Crippen LogP contribution in [0.25, 0.3) is 0 Å². The number of nitrogens with zero attached hydrogens (tertiary/aromatic N) is 2. The van der Waals surface area contributed by atoms with Crippen LogP contribution in [-0.2, 0) is 9.59 Å². The third-order valence-electron chi connectivity index (χ3n) is 4.26. The molecule has 0 aliphatic carbocycles. The number of hydrogen-bond acceptors (Lipinski definition) is 4. The lowest BCUT2D eigenvalue weighted by molar-refractivity contribution is -0.141. The van der Waals surface area contributed by atoms with Gasteiger partial charge in [0.05, 0.1) is 17.8 Å². The quantitative estimate of drug-likeness (QED) is 0.698.